The minimum atomic E-state index is 0.477. The number of nitrogens with zero attached hydrogens (tertiary/aromatic N) is 10. The number of anilines is 6. The maximum atomic E-state index is 7.74. The fourth-order valence-corrected chi connectivity index (χ4v) is 12.6. The highest BCUT2D eigenvalue weighted by Gasteiger charge is 2.27. The van der Waals surface area contributed by atoms with E-state index < -0.39 is 0 Å². The first-order valence-electron chi connectivity index (χ1n) is 29.6. The highest BCUT2D eigenvalue weighted by molar-refractivity contribution is 6.29. The van der Waals surface area contributed by atoms with E-state index in [1.54, 1.807) is 0 Å². The van der Waals surface area contributed by atoms with Crippen LogP contribution in [-0.2, 0) is 0 Å². The van der Waals surface area contributed by atoms with Crippen LogP contribution in [0, 0.1) is 0 Å². The van der Waals surface area contributed by atoms with E-state index in [2.05, 4.69) is 201 Å². The normalized spacial score (nSPS) is 11.6. The molecule has 0 saturated carbocycles. The van der Waals surface area contributed by atoms with Gasteiger partial charge in [-0.05, 0) is 109 Å². The van der Waals surface area contributed by atoms with Crippen molar-refractivity contribution in [3.05, 3.63) is 303 Å². The second-order valence-corrected chi connectivity index (χ2v) is 21.9. The van der Waals surface area contributed by atoms with Crippen LogP contribution in [0.15, 0.2) is 308 Å². The average molecular weight is 1140 g/mol. The lowest BCUT2D eigenvalue weighted by molar-refractivity contribution is 0.677. The molecular weight excluding hydrogens is 1090 g/mol. The highest BCUT2D eigenvalue weighted by atomic mass is 16.3. The smallest absolute Gasteiger partial charge is 0.238 e. The van der Waals surface area contributed by atoms with E-state index in [9.17, 15) is 0 Å². The molecule has 0 amide bonds. The third-order valence-electron chi connectivity index (χ3n) is 16.6. The van der Waals surface area contributed by atoms with Crippen LogP contribution < -0.4 is 9.80 Å². The third-order valence-corrected chi connectivity index (χ3v) is 16.6. The van der Waals surface area contributed by atoms with Gasteiger partial charge in [-0.15, -0.1) is 0 Å². The molecule has 0 fully saturated rings. The zero-order valence-electron chi connectivity index (χ0n) is 47.7. The maximum absolute atomic E-state index is 7.74. The van der Waals surface area contributed by atoms with Crippen molar-refractivity contribution in [3.8, 4) is 57.4 Å². The molecule has 0 radical (unpaired) electrons. The molecule has 89 heavy (non-hydrogen) atoms. The van der Waals surface area contributed by atoms with Crippen molar-refractivity contribution in [2.45, 2.75) is 0 Å². The van der Waals surface area contributed by atoms with Gasteiger partial charge in [0.15, 0.2) is 23.3 Å². The first kappa shape index (κ1) is 51.1. The Bertz CT molecular complexity index is 4940. The van der Waals surface area contributed by atoms with Crippen LogP contribution in [0.5, 0.6) is 0 Å². The Hall–Kier alpha value is -12.3. The molecular formula is C78H50N10O. The summed E-state index contributed by atoms with van der Waals surface area (Å²) in [6, 6.07) is 105. The van der Waals surface area contributed by atoms with Crippen molar-refractivity contribution < 1.29 is 4.42 Å². The monoisotopic (exact) mass is 1140 g/mol. The van der Waals surface area contributed by atoms with Gasteiger partial charge in [0.25, 0.3) is 0 Å². The minimum Gasteiger partial charge on any atom is -0.455 e. The van der Waals surface area contributed by atoms with E-state index >= 15 is 0 Å². The molecule has 11 heteroatoms. The summed E-state index contributed by atoms with van der Waals surface area (Å²) in [6.45, 7) is 0. The van der Waals surface area contributed by atoms with Crippen LogP contribution in [0.2, 0.25) is 0 Å². The van der Waals surface area contributed by atoms with Crippen LogP contribution in [0.25, 0.3) is 123 Å². The number of benzene rings is 12. The van der Waals surface area contributed by atoms with Crippen LogP contribution in [0.3, 0.4) is 0 Å². The van der Waals surface area contributed by atoms with Crippen LogP contribution in [0.1, 0.15) is 0 Å². The topological polar surface area (TPSA) is 107 Å². The van der Waals surface area contributed by atoms with E-state index in [0.717, 1.165) is 122 Å². The van der Waals surface area contributed by atoms with E-state index in [1.165, 1.54) is 0 Å². The van der Waals surface area contributed by atoms with Gasteiger partial charge in [0.2, 0.25) is 11.9 Å². The second kappa shape index (κ2) is 21.3. The largest absolute Gasteiger partial charge is 0.455 e. The van der Waals surface area contributed by atoms with E-state index in [1.807, 2.05) is 121 Å². The molecule has 11 nitrogen and oxygen atoms in total. The second-order valence-electron chi connectivity index (χ2n) is 21.9. The highest BCUT2D eigenvalue weighted by Crippen LogP contribution is 2.48. The quantitative estimate of drug-likeness (QED) is 0.118. The van der Waals surface area contributed by atoms with Crippen LogP contribution in [0.4, 0.5) is 34.1 Å². The van der Waals surface area contributed by atoms with E-state index in [4.69, 9.17) is 34.3 Å². The van der Waals surface area contributed by atoms with Gasteiger partial charge >= 0.3 is 0 Å². The summed E-state index contributed by atoms with van der Waals surface area (Å²) in [6.07, 6.45) is 0. The molecule has 0 spiro atoms. The Morgan fingerprint density at radius 1 is 0.236 bits per heavy atom. The molecule has 5 heterocycles. The van der Waals surface area contributed by atoms with Crippen molar-refractivity contribution in [1.29, 1.82) is 0 Å². The zero-order valence-corrected chi connectivity index (χ0v) is 47.7. The predicted molar refractivity (Wildman–Crippen MR) is 360 cm³/mol. The Morgan fingerprint density at radius 2 is 0.506 bits per heavy atom. The molecule has 5 aromatic heterocycles. The summed E-state index contributed by atoms with van der Waals surface area (Å²) in [5.74, 6) is 3.20. The lowest BCUT2D eigenvalue weighted by Gasteiger charge is -2.25. The lowest BCUT2D eigenvalue weighted by Crippen LogP contribution is -2.09. The number of aromatic nitrogens is 8. The van der Waals surface area contributed by atoms with E-state index in [0.29, 0.717) is 35.2 Å². The number of hydrogen-bond acceptors (Lipinski definition) is 9. The number of fused-ring (bicyclic) bond motifs is 11. The number of furan rings is 1. The molecule has 0 saturated heterocycles. The summed E-state index contributed by atoms with van der Waals surface area (Å²) in [5, 5.41) is 5.64. The summed E-state index contributed by atoms with van der Waals surface area (Å²) in [4.78, 5) is 36.2. The molecule has 12 aromatic carbocycles. The number of para-hydroxylation sites is 4. The molecule has 0 atom stereocenters. The van der Waals surface area contributed by atoms with E-state index in [-0.39, 0.29) is 0 Å². The predicted octanol–water partition coefficient (Wildman–Crippen LogP) is 19.8. The van der Waals surface area contributed by atoms with Gasteiger partial charge in [0.05, 0.1) is 32.8 Å². The van der Waals surface area contributed by atoms with Crippen molar-refractivity contribution in [2.75, 3.05) is 9.80 Å². The molecule has 0 bridgehead atoms. The summed E-state index contributed by atoms with van der Waals surface area (Å²) in [7, 11) is 0. The summed E-state index contributed by atoms with van der Waals surface area (Å²) in [5.41, 5.74) is 14.5. The SMILES string of the molecule is c1ccc(-c2nc(-c3ccccc3)nc(-n3c4ccc(N(c5ccccc5)c5ccccc5)cc4c4c5oc6c(ccc7c6c6cc(N(c8ccccc8)c8ccccc8)ccc6n7-c6nc(-c7ccccc7)nc(-c7ccccc7)n6)c5ccc43)n2)cc1. The van der Waals surface area contributed by atoms with Gasteiger partial charge < -0.3 is 14.2 Å². The first-order chi connectivity index (χ1) is 44.1. The molecule has 17 rings (SSSR count). The van der Waals surface area contributed by atoms with Crippen LogP contribution >= 0.6 is 0 Å². The number of hydrogen-bond donors (Lipinski definition) is 0. The Balaban J connectivity index is 0.980. The molecule has 0 N–H and O–H groups in total. The Labute approximate surface area is 511 Å². The van der Waals surface area contributed by atoms with Gasteiger partial charge in [-0.25, -0.2) is 9.97 Å². The Kier molecular flexibility index (Phi) is 12.2. The summed E-state index contributed by atoms with van der Waals surface area (Å²) >= 11 is 0. The van der Waals surface area contributed by atoms with Gasteiger partial charge in [0, 0.05) is 77.9 Å². The summed E-state index contributed by atoms with van der Waals surface area (Å²) < 4.78 is 12.1. The van der Waals surface area contributed by atoms with Crippen molar-refractivity contribution in [1.82, 2.24) is 39.0 Å². The average Bonchev–Trinajstić information content (AvgIpc) is 1.67. The molecule has 0 unspecified atom stereocenters. The standard InChI is InChI=1S/C78H50N10O/c1-9-25-51(26-10-1)73-79-74(52-27-11-2-12-28-52)82-77(81-73)87-65-45-41-59(85(55-33-17-5-18-34-55)56-35-19-6-20-36-56)49-63(65)69-67(87)47-43-61-62-44-48-68-70(72(62)89-71(61)69)64-50-60(86(57-37-21-7-22-38-57)58-39-23-8-24-40-58)42-46-66(64)88(68)78-83-75(53-29-13-3-14-30-53)80-76(84-78)54-31-15-4-16-32-54/h1-50H. The number of rotatable bonds is 12. The molecule has 0 aliphatic rings. The Morgan fingerprint density at radius 3 is 0.798 bits per heavy atom. The van der Waals surface area contributed by atoms with Crippen molar-refractivity contribution in [3.63, 3.8) is 0 Å². The van der Waals surface area contributed by atoms with Gasteiger partial charge in [-0.1, -0.05) is 194 Å². The lowest BCUT2D eigenvalue weighted by atomic mass is 10.0. The fourth-order valence-electron chi connectivity index (χ4n) is 12.6. The zero-order chi connectivity index (χ0) is 58.8. The van der Waals surface area contributed by atoms with Gasteiger partial charge in [-0.2, -0.15) is 19.9 Å². The molecule has 418 valence electrons. The van der Waals surface area contributed by atoms with Gasteiger partial charge in [-0.3, -0.25) is 9.13 Å². The van der Waals surface area contributed by atoms with Crippen molar-refractivity contribution in [2.24, 2.45) is 0 Å². The van der Waals surface area contributed by atoms with Crippen molar-refractivity contribution >= 4 is 99.7 Å². The first-order valence-corrected chi connectivity index (χ1v) is 29.6. The molecule has 0 aliphatic carbocycles. The maximum Gasteiger partial charge on any atom is 0.238 e. The minimum absolute atomic E-state index is 0.477. The molecule has 0 aliphatic heterocycles. The molecule has 17 aromatic rings. The fraction of sp³-hybridized carbons (Fsp3) is 0. The van der Waals surface area contributed by atoms with Crippen LogP contribution in [-0.4, -0.2) is 39.0 Å². The van der Waals surface area contributed by atoms with Gasteiger partial charge in [0.1, 0.15) is 11.2 Å². The third kappa shape index (κ3) is 8.83.